The molecule has 2 rings (SSSR count). The molecular weight excluding hydrogens is 214 g/mol. The van der Waals surface area contributed by atoms with Crippen LogP contribution in [-0.4, -0.2) is 20.3 Å². The minimum Gasteiger partial charge on any atom is -0.496 e. The molecule has 3 heteroatoms. The van der Waals surface area contributed by atoms with Crippen LogP contribution in [0, 0.1) is 0 Å². The maximum Gasteiger partial charge on any atom is 0.124 e. The van der Waals surface area contributed by atoms with Gasteiger partial charge in [0.15, 0.2) is 0 Å². The molecule has 0 atom stereocenters. The van der Waals surface area contributed by atoms with E-state index in [9.17, 15) is 0 Å². The molecule has 94 valence electrons. The van der Waals surface area contributed by atoms with E-state index in [1.807, 2.05) is 13.1 Å². The zero-order valence-corrected chi connectivity index (χ0v) is 10.7. The van der Waals surface area contributed by atoms with Crippen molar-refractivity contribution in [2.75, 3.05) is 14.2 Å². The van der Waals surface area contributed by atoms with Crippen LogP contribution in [0.2, 0.25) is 0 Å². The molecule has 3 nitrogen and oxygen atoms in total. The number of methoxy groups -OCH3 is 1. The van der Waals surface area contributed by atoms with Gasteiger partial charge < -0.3 is 14.8 Å². The summed E-state index contributed by atoms with van der Waals surface area (Å²) in [5, 5.41) is 3.15. The van der Waals surface area contributed by atoms with Gasteiger partial charge in [0.25, 0.3) is 0 Å². The molecular formula is C14H21NO2. The highest BCUT2D eigenvalue weighted by Gasteiger charge is 2.18. The summed E-state index contributed by atoms with van der Waals surface area (Å²) in [6, 6.07) is 6.27. The van der Waals surface area contributed by atoms with Crippen molar-refractivity contribution in [2.45, 2.75) is 38.5 Å². The predicted octanol–water partition coefficient (Wildman–Crippen LogP) is 2.48. The molecule has 1 aromatic carbocycles. The zero-order chi connectivity index (χ0) is 12.1. The van der Waals surface area contributed by atoms with E-state index in [1.165, 1.54) is 24.8 Å². The third-order valence-electron chi connectivity index (χ3n) is 3.25. The van der Waals surface area contributed by atoms with Crippen molar-refractivity contribution in [3.63, 3.8) is 0 Å². The Hall–Kier alpha value is -1.06. The standard InChI is InChI=1S/C14H21NO2/c1-15-9-11-6-7-14(16-2)12(8-11)10-17-13-4-3-5-13/h6-8,13,15H,3-5,9-10H2,1-2H3. The molecule has 0 radical (unpaired) electrons. The minimum atomic E-state index is 0.465. The molecule has 0 aliphatic heterocycles. The third kappa shape index (κ3) is 3.20. The predicted molar refractivity (Wildman–Crippen MR) is 68.2 cm³/mol. The fraction of sp³-hybridized carbons (Fsp3) is 0.571. The average molecular weight is 235 g/mol. The number of rotatable bonds is 6. The molecule has 0 aromatic heterocycles. The maximum atomic E-state index is 5.84. The van der Waals surface area contributed by atoms with Crippen LogP contribution in [0.25, 0.3) is 0 Å². The summed E-state index contributed by atoms with van der Waals surface area (Å²) >= 11 is 0. The van der Waals surface area contributed by atoms with E-state index in [2.05, 4.69) is 17.4 Å². The first-order valence-electron chi connectivity index (χ1n) is 6.25. The van der Waals surface area contributed by atoms with Crippen molar-refractivity contribution in [1.29, 1.82) is 0 Å². The van der Waals surface area contributed by atoms with Gasteiger partial charge in [-0.05, 0) is 44.0 Å². The Morgan fingerprint density at radius 3 is 2.76 bits per heavy atom. The Balaban J connectivity index is 2.02. The van der Waals surface area contributed by atoms with Gasteiger partial charge in [-0.1, -0.05) is 6.07 Å². The van der Waals surface area contributed by atoms with Gasteiger partial charge in [-0.2, -0.15) is 0 Å². The smallest absolute Gasteiger partial charge is 0.124 e. The Morgan fingerprint density at radius 1 is 1.35 bits per heavy atom. The van der Waals surface area contributed by atoms with Gasteiger partial charge >= 0.3 is 0 Å². The molecule has 0 saturated heterocycles. The van der Waals surface area contributed by atoms with Crippen LogP contribution in [0.1, 0.15) is 30.4 Å². The monoisotopic (exact) mass is 235 g/mol. The van der Waals surface area contributed by atoms with Crippen molar-refractivity contribution in [1.82, 2.24) is 5.32 Å². The van der Waals surface area contributed by atoms with E-state index in [0.717, 1.165) is 17.9 Å². The van der Waals surface area contributed by atoms with Crippen LogP contribution in [-0.2, 0) is 17.9 Å². The first-order valence-corrected chi connectivity index (χ1v) is 6.25. The second kappa shape index (κ2) is 6.03. The van der Waals surface area contributed by atoms with E-state index < -0.39 is 0 Å². The fourth-order valence-electron chi connectivity index (χ4n) is 2.00. The lowest BCUT2D eigenvalue weighted by Gasteiger charge is -2.26. The van der Waals surface area contributed by atoms with Crippen molar-refractivity contribution in [2.24, 2.45) is 0 Å². The molecule has 1 aliphatic rings. The van der Waals surface area contributed by atoms with Gasteiger partial charge in [0.05, 0.1) is 19.8 Å². The molecule has 1 aromatic rings. The Kier molecular flexibility index (Phi) is 4.40. The molecule has 1 saturated carbocycles. The van der Waals surface area contributed by atoms with Crippen LogP contribution >= 0.6 is 0 Å². The second-order valence-corrected chi connectivity index (χ2v) is 4.54. The van der Waals surface area contributed by atoms with Crippen LogP contribution in [0.3, 0.4) is 0 Å². The number of benzene rings is 1. The van der Waals surface area contributed by atoms with Gasteiger partial charge in [0.1, 0.15) is 5.75 Å². The first-order chi connectivity index (χ1) is 8.33. The zero-order valence-electron chi connectivity index (χ0n) is 10.7. The van der Waals surface area contributed by atoms with E-state index in [0.29, 0.717) is 12.7 Å². The molecule has 0 bridgehead atoms. The summed E-state index contributed by atoms with van der Waals surface area (Å²) in [4.78, 5) is 0. The number of hydrogen-bond acceptors (Lipinski definition) is 3. The Bertz CT molecular complexity index is 361. The van der Waals surface area contributed by atoms with E-state index in [1.54, 1.807) is 7.11 Å². The van der Waals surface area contributed by atoms with Crippen LogP contribution in [0.5, 0.6) is 5.75 Å². The summed E-state index contributed by atoms with van der Waals surface area (Å²) in [6.07, 6.45) is 4.19. The van der Waals surface area contributed by atoms with Crippen LogP contribution < -0.4 is 10.1 Å². The highest BCUT2D eigenvalue weighted by molar-refractivity contribution is 5.36. The van der Waals surface area contributed by atoms with Gasteiger partial charge in [-0.25, -0.2) is 0 Å². The third-order valence-corrected chi connectivity index (χ3v) is 3.25. The van der Waals surface area contributed by atoms with Gasteiger partial charge in [-0.3, -0.25) is 0 Å². The number of ether oxygens (including phenoxy) is 2. The summed E-state index contributed by atoms with van der Waals surface area (Å²) < 4.78 is 11.2. The van der Waals surface area contributed by atoms with Crippen molar-refractivity contribution in [3.8, 4) is 5.75 Å². The Morgan fingerprint density at radius 2 is 2.18 bits per heavy atom. The lowest BCUT2D eigenvalue weighted by Crippen LogP contribution is -2.21. The summed E-state index contributed by atoms with van der Waals surface area (Å²) in [7, 11) is 3.66. The van der Waals surface area contributed by atoms with E-state index in [4.69, 9.17) is 9.47 Å². The van der Waals surface area contributed by atoms with Gasteiger partial charge in [-0.15, -0.1) is 0 Å². The first kappa shape index (κ1) is 12.4. The second-order valence-electron chi connectivity index (χ2n) is 4.54. The van der Waals surface area contributed by atoms with Gasteiger partial charge in [0, 0.05) is 12.1 Å². The largest absolute Gasteiger partial charge is 0.496 e. The van der Waals surface area contributed by atoms with Crippen LogP contribution in [0.4, 0.5) is 0 Å². The molecule has 1 fully saturated rings. The quantitative estimate of drug-likeness (QED) is 0.821. The normalized spacial score (nSPS) is 15.6. The lowest BCUT2D eigenvalue weighted by molar-refractivity contribution is -0.00936. The Labute approximate surface area is 103 Å². The molecule has 0 spiro atoms. The van der Waals surface area contributed by atoms with Crippen LogP contribution in [0.15, 0.2) is 18.2 Å². The van der Waals surface area contributed by atoms with E-state index in [-0.39, 0.29) is 0 Å². The van der Waals surface area contributed by atoms with Crippen molar-refractivity contribution >= 4 is 0 Å². The SMILES string of the molecule is CNCc1ccc(OC)c(COC2CCC2)c1. The topological polar surface area (TPSA) is 30.5 Å². The molecule has 0 heterocycles. The molecule has 1 aliphatic carbocycles. The fourth-order valence-corrected chi connectivity index (χ4v) is 2.00. The highest BCUT2D eigenvalue weighted by atomic mass is 16.5. The lowest BCUT2D eigenvalue weighted by atomic mass is 9.96. The maximum absolute atomic E-state index is 5.84. The highest BCUT2D eigenvalue weighted by Crippen LogP contribution is 2.26. The van der Waals surface area contributed by atoms with Crippen molar-refractivity contribution < 1.29 is 9.47 Å². The number of hydrogen-bond donors (Lipinski definition) is 1. The molecule has 0 unspecified atom stereocenters. The van der Waals surface area contributed by atoms with E-state index >= 15 is 0 Å². The summed E-state index contributed by atoms with van der Waals surface area (Å²) in [5.74, 6) is 0.921. The minimum absolute atomic E-state index is 0.465. The van der Waals surface area contributed by atoms with Crippen molar-refractivity contribution in [3.05, 3.63) is 29.3 Å². The average Bonchev–Trinajstić information content (AvgIpc) is 2.28. The number of nitrogens with one attached hydrogen (secondary N) is 1. The van der Waals surface area contributed by atoms with Gasteiger partial charge in [0.2, 0.25) is 0 Å². The molecule has 0 amide bonds. The summed E-state index contributed by atoms with van der Waals surface area (Å²) in [6.45, 7) is 1.53. The molecule has 17 heavy (non-hydrogen) atoms. The molecule has 1 N–H and O–H groups in total. The summed E-state index contributed by atoms with van der Waals surface area (Å²) in [5.41, 5.74) is 2.41.